The summed E-state index contributed by atoms with van der Waals surface area (Å²) in [6, 6.07) is 25.2. The molecule has 168 valence electrons. The van der Waals surface area contributed by atoms with Crippen LogP contribution in [-0.4, -0.2) is 36.2 Å². The van der Waals surface area contributed by atoms with Crippen molar-refractivity contribution in [1.82, 2.24) is 4.90 Å². The monoisotopic (exact) mass is 449 g/mol. The topological polar surface area (TPSA) is 32.7 Å². The number of aromatic hydroxyl groups is 1. The maximum Gasteiger partial charge on any atom is 0.119 e. The Balaban J connectivity index is 1.75. The Hall–Kier alpha value is -2.75. The van der Waals surface area contributed by atoms with Crippen LogP contribution in [0.15, 0.2) is 78.9 Å². The van der Waals surface area contributed by atoms with E-state index >= 15 is 0 Å². The third kappa shape index (κ3) is 6.62. The van der Waals surface area contributed by atoms with E-state index in [1.54, 1.807) is 18.2 Å². The van der Waals surface area contributed by atoms with E-state index < -0.39 is 0 Å². The van der Waals surface area contributed by atoms with Gasteiger partial charge >= 0.3 is 0 Å². The van der Waals surface area contributed by atoms with E-state index in [2.05, 4.69) is 18.7 Å². The van der Waals surface area contributed by atoms with Gasteiger partial charge in [-0.3, -0.25) is 0 Å². The Kier molecular flexibility index (Phi) is 9.21. The van der Waals surface area contributed by atoms with E-state index in [0.29, 0.717) is 11.6 Å². The number of hydrogen-bond acceptors (Lipinski definition) is 3. The second-order valence-electron chi connectivity index (χ2n) is 7.71. The highest BCUT2D eigenvalue weighted by atomic mass is 35.5. The molecule has 0 atom stereocenters. The summed E-state index contributed by atoms with van der Waals surface area (Å²) < 4.78 is 5.96. The van der Waals surface area contributed by atoms with E-state index in [9.17, 15) is 5.11 Å². The van der Waals surface area contributed by atoms with Crippen molar-refractivity contribution in [2.45, 2.75) is 26.7 Å². The van der Waals surface area contributed by atoms with Crippen LogP contribution in [0.1, 0.15) is 43.4 Å². The highest BCUT2D eigenvalue weighted by Gasteiger charge is 2.13. The molecule has 0 saturated carbocycles. The quantitative estimate of drug-likeness (QED) is 0.251. The van der Waals surface area contributed by atoms with Crippen molar-refractivity contribution >= 4 is 22.2 Å². The standard InChI is InChI=1S/C28H32ClNO2/c1-3-30(4-2)19-8-9-20-32-26-17-15-23(16-18-26)27(22-11-6-5-7-12-22)28(29)24-13-10-14-25(31)21-24/h5-7,10-18,21,31H,3-4,8-9,19-20H2,1-2H3/b28-27-. The molecule has 0 aromatic heterocycles. The molecule has 0 spiro atoms. The molecule has 3 nitrogen and oxygen atoms in total. The molecular formula is C28H32ClNO2. The number of phenolic OH excluding ortho intramolecular Hbond substituents is 1. The maximum absolute atomic E-state index is 9.90. The number of hydrogen-bond donors (Lipinski definition) is 1. The van der Waals surface area contributed by atoms with Gasteiger partial charge in [0.2, 0.25) is 0 Å². The average molecular weight is 450 g/mol. The van der Waals surface area contributed by atoms with Crippen LogP contribution in [-0.2, 0) is 0 Å². The van der Waals surface area contributed by atoms with Crippen LogP contribution >= 0.6 is 11.6 Å². The van der Waals surface area contributed by atoms with Gasteiger partial charge in [0, 0.05) is 5.57 Å². The number of nitrogens with zero attached hydrogens (tertiary/aromatic N) is 1. The van der Waals surface area contributed by atoms with Crippen molar-refractivity contribution in [1.29, 1.82) is 0 Å². The zero-order chi connectivity index (χ0) is 22.8. The van der Waals surface area contributed by atoms with Crippen molar-refractivity contribution in [2.75, 3.05) is 26.2 Å². The third-order valence-corrected chi connectivity index (χ3v) is 5.96. The molecule has 0 saturated heterocycles. The van der Waals surface area contributed by atoms with Gasteiger partial charge in [-0.2, -0.15) is 0 Å². The molecule has 0 bridgehead atoms. The lowest BCUT2D eigenvalue weighted by Crippen LogP contribution is -2.24. The summed E-state index contributed by atoms with van der Waals surface area (Å²) in [4.78, 5) is 2.43. The summed E-state index contributed by atoms with van der Waals surface area (Å²) in [5, 5.41) is 10.5. The summed E-state index contributed by atoms with van der Waals surface area (Å²) in [5.41, 5.74) is 3.71. The molecule has 1 N–H and O–H groups in total. The predicted octanol–water partition coefficient (Wildman–Crippen LogP) is 7.05. The van der Waals surface area contributed by atoms with E-state index in [-0.39, 0.29) is 5.75 Å². The maximum atomic E-state index is 9.90. The fourth-order valence-electron chi connectivity index (χ4n) is 3.70. The molecule has 0 amide bonds. The zero-order valence-electron chi connectivity index (χ0n) is 18.9. The molecule has 0 unspecified atom stereocenters. The van der Waals surface area contributed by atoms with Gasteiger partial charge in [0.1, 0.15) is 11.5 Å². The smallest absolute Gasteiger partial charge is 0.119 e. The summed E-state index contributed by atoms with van der Waals surface area (Å²) in [7, 11) is 0. The van der Waals surface area contributed by atoms with Gasteiger partial charge < -0.3 is 14.7 Å². The van der Waals surface area contributed by atoms with Gasteiger partial charge in [-0.15, -0.1) is 0 Å². The second kappa shape index (κ2) is 12.3. The molecule has 0 radical (unpaired) electrons. The van der Waals surface area contributed by atoms with Crippen molar-refractivity contribution in [3.8, 4) is 11.5 Å². The van der Waals surface area contributed by atoms with Crippen LogP contribution in [0.3, 0.4) is 0 Å². The second-order valence-corrected chi connectivity index (χ2v) is 8.09. The number of halogens is 1. The zero-order valence-corrected chi connectivity index (χ0v) is 19.7. The number of rotatable bonds is 11. The van der Waals surface area contributed by atoms with Gasteiger partial charge in [0.15, 0.2) is 0 Å². The third-order valence-electron chi connectivity index (χ3n) is 5.56. The van der Waals surface area contributed by atoms with E-state index in [1.165, 1.54) is 0 Å². The van der Waals surface area contributed by atoms with Crippen molar-refractivity contribution in [3.63, 3.8) is 0 Å². The summed E-state index contributed by atoms with van der Waals surface area (Å²) in [6.45, 7) is 8.43. The summed E-state index contributed by atoms with van der Waals surface area (Å²) >= 11 is 6.85. The fraction of sp³-hybridized carbons (Fsp3) is 0.286. The molecule has 0 aliphatic heterocycles. The van der Waals surface area contributed by atoms with Crippen molar-refractivity contribution < 1.29 is 9.84 Å². The lowest BCUT2D eigenvalue weighted by molar-refractivity contribution is 0.266. The van der Waals surface area contributed by atoms with Crippen LogP contribution in [0.4, 0.5) is 0 Å². The molecule has 4 heteroatoms. The Bertz CT molecular complexity index is 995. The highest BCUT2D eigenvalue weighted by Crippen LogP contribution is 2.36. The minimum atomic E-state index is 0.192. The number of benzene rings is 3. The minimum Gasteiger partial charge on any atom is -0.508 e. The SMILES string of the molecule is CCN(CC)CCCCOc1ccc(/C(=C(\Cl)c2cccc(O)c2)c2ccccc2)cc1. The van der Waals surface area contributed by atoms with Gasteiger partial charge in [-0.25, -0.2) is 0 Å². The highest BCUT2D eigenvalue weighted by molar-refractivity contribution is 6.53. The Morgan fingerprint density at radius 1 is 0.812 bits per heavy atom. The van der Waals surface area contributed by atoms with Crippen LogP contribution in [0.5, 0.6) is 11.5 Å². The first-order valence-corrected chi connectivity index (χ1v) is 11.7. The van der Waals surface area contributed by atoms with Crippen molar-refractivity contribution in [3.05, 3.63) is 95.6 Å². The normalized spacial score (nSPS) is 12.0. The van der Waals surface area contributed by atoms with E-state index in [1.807, 2.05) is 60.7 Å². The lowest BCUT2D eigenvalue weighted by Gasteiger charge is -2.17. The first-order chi connectivity index (χ1) is 15.6. The average Bonchev–Trinajstić information content (AvgIpc) is 2.83. The molecule has 0 aliphatic carbocycles. The van der Waals surface area contributed by atoms with Crippen molar-refractivity contribution in [2.24, 2.45) is 0 Å². The Morgan fingerprint density at radius 2 is 1.47 bits per heavy atom. The molecule has 3 rings (SSSR count). The number of unbranched alkanes of at least 4 members (excludes halogenated alkanes) is 1. The van der Waals surface area contributed by atoms with Gasteiger partial charge in [-0.05, 0) is 73.4 Å². The number of ether oxygens (including phenoxy) is 1. The van der Waals surface area contributed by atoms with Crippen LogP contribution in [0, 0.1) is 0 Å². The molecule has 0 heterocycles. The minimum absolute atomic E-state index is 0.192. The molecular weight excluding hydrogens is 418 g/mol. The molecule has 0 fully saturated rings. The van der Waals surface area contributed by atoms with Crippen LogP contribution < -0.4 is 4.74 Å². The number of phenols is 1. The first kappa shape index (κ1) is 23.9. The van der Waals surface area contributed by atoms with Gasteiger partial charge in [-0.1, -0.05) is 80.0 Å². The predicted molar refractivity (Wildman–Crippen MR) is 135 cm³/mol. The Labute approximate surface area is 196 Å². The van der Waals surface area contributed by atoms with E-state index in [4.69, 9.17) is 16.3 Å². The molecule has 3 aromatic carbocycles. The molecule has 32 heavy (non-hydrogen) atoms. The molecule has 0 aliphatic rings. The van der Waals surface area contributed by atoms with Gasteiger partial charge in [0.05, 0.1) is 11.6 Å². The Morgan fingerprint density at radius 3 is 2.12 bits per heavy atom. The van der Waals surface area contributed by atoms with Crippen LogP contribution in [0.2, 0.25) is 0 Å². The summed E-state index contributed by atoms with van der Waals surface area (Å²) in [6.07, 6.45) is 2.18. The van der Waals surface area contributed by atoms with Gasteiger partial charge in [0.25, 0.3) is 0 Å². The first-order valence-electron chi connectivity index (χ1n) is 11.3. The van der Waals surface area contributed by atoms with E-state index in [0.717, 1.165) is 60.5 Å². The van der Waals surface area contributed by atoms with Crippen LogP contribution in [0.25, 0.3) is 10.6 Å². The molecule has 3 aromatic rings. The fourth-order valence-corrected chi connectivity index (χ4v) is 4.03. The summed E-state index contributed by atoms with van der Waals surface area (Å²) in [5.74, 6) is 1.05. The lowest BCUT2D eigenvalue weighted by atomic mass is 9.95. The largest absolute Gasteiger partial charge is 0.508 e.